The van der Waals surface area contributed by atoms with E-state index >= 15 is 0 Å². The molecular formula is C21H28ClNO2. The Balaban J connectivity index is 2.34. The molecule has 0 aromatic heterocycles. The standard InChI is InChI=1S/C21H28ClNO2/c1-21(2,3)20(16-4-8-18(22)9-5-16)17-6-10-19(11-7-17)23(12-14-24)13-15-25/h4-11,20,24-25H,12-15H2,1-3H3. The average molecular weight is 362 g/mol. The van der Waals surface area contributed by atoms with Crippen LogP contribution in [0.2, 0.25) is 5.02 Å². The van der Waals surface area contributed by atoms with Gasteiger partial charge >= 0.3 is 0 Å². The Morgan fingerprint density at radius 3 is 1.68 bits per heavy atom. The average Bonchev–Trinajstić information content (AvgIpc) is 2.56. The van der Waals surface area contributed by atoms with E-state index in [1.165, 1.54) is 11.1 Å². The Bertz CT molecular complexity index is 641. The Morgan fingerprint density at radius 2 is 1.28 bits per heavy atom. The third-order valence-electron chi connectivity index (χ3n) is 4.40. The maximum Gasteiger partial charge on any atom is 0.0606 e. The molecule has 0 aliphatic carbocycles. The predicted octanol–water partition coefficient (Wildman–Crippen LogP) is 4.31. The quantitative estimate of drug-likeness (QED) is 0.772. The van der Waals surface area contributed by atoms with Crippen LogP contribution in [-0.4, -0.2) is 36.5 Å². The van der Waals surface area contributed by atoms with Crippen LogP contribution in [0.25, 0.3) is 0 Å². The van der Waals surface area contributed by atoms with Crippen LogP contribution in [0, 0.1) is 5.41 Å². The van der Waals surface area contributed by atoms with E-state index in [2.05, 4.69) is 57.2 Å². The summed E-state index contributed by atoms with van der Waals surface area (Å²) in [4.78, 5) is 1.98. The van der Waals surface area contributed by atoms with Gasteiger partial charge in [0, 0.05) is 29.7 Å². The highest BCUT2D eigenvalue weighted by Gasteiger charge is 2.28. The molecular weight excluding hydrogens is 334 g/mol. The van der Waals surface area contributed by atoms with Gasteiger partial charge in [0.1, 0.15) is 0 Å². The van der Waals surface area contributed by atoms with Crippen LogP contribution < -0.4 is 4.90 Å². The molecule has 4 heteroatoms. The monoisotopic (exact) mass is 361 g/mol. The summed E-state index contributed by atoms with van der Waals surface area (Å²) >= 11 is 6.05. The first-order chi connectivity index (χ1) is 11.9. The highest BCUT2D eigenvalue weighted by atomic mass is 35.5. The van der Waals surface area contributed by atoms with Gasteiger partial charge in [0.2, 0.25) is 0 Å². The fraction of sp³-hybridized carbons (Fsp3) is 0.429. The minimum absolute atomic E-state index is 0.0607. The first kappa shape index (κ1) is 19.8. The lowest BCUT2D eigenvalue weighted by atomic mass is 9.72. The maximum atomic E-state index is 9.21. The maximum absolute atomic E-state index is 9.21. The molecule has 0 fully saturated rings. The third kappa shape index (κ3) is 5.21. The summed E-state index contributed by atoms with van der Waals surface area (Å²) in [6, 6.07) is 16.5. The smallest absolute Gasteiger partial charge is 0.0606 e. The molecule has 0 amide bonds. The first-order valence-corrected chi connectivity index (χ1v) is 9.06. The zero-order valence-corrected chi connectivity index (χ0v) is 16.0. The van der Waals surface area contributed by atoms with E-state index in [9.17, 15) is 10.2 Å². The number of aliphatic hydroxyl groups is 2. The molecule has 0 radical (unpaired) electrons. The number of halogens is 1. The normalized spacial score (nSPS) is 12.9. The number of rotatable bonds is 7. The molecule has 0 aliphatic heterocycles. The fourth-order valence-corrected chi connectivity index (χ4v) is 3.46. The lowest BCUT2D eigenvalue weighted by molar-refractivity contribution is 0.281. The molecule has 0 saturated carbocycles. The van der Waals surface area contributed by atoms with Gasteiger partial charge in [-0.3, -0.25) is 0 Å². The van der Waals surface area contributed by atoms with Gasteiger partial charge in [0.15, 0.2) is 0 Å². The van der Waals surface area contributed by atoms with Crippen molar-refractivity contribution in [3.63, 3.8) is 0 Å². The molecule has 136 valence electrons. The highest BCUT2D eigenvalue weighted by molar-refractivity contribution is 6.30. The van der Waals surface area contributed by atoms with Crippen LogP contribution in [-0.2, 0) is 0 Å². The van der Waals surface area contributed by atoms with E-state index in [4.69, 9.17) is 11.6 Å². The fourth-order valence-electron chi connectivity index (χ4n) is 3.34. The number of aliphatic hydroxyl groups excluding tert-OH is 2. The van der Waals surface area contributed by atoms with Gasteiger partial charge in [0.25, 0.3) is 0 Å². The Hall–Kier alpha value is -1.55. The van der Waals surface area contributed by atoms with E-state index in [0.29, 0.717) is 13.1 Å². The van der Waals surface area contributed by atoms with E-state index < -0.39 is 0 Å². The molecule has 0 aliphatic rings. The molecule has 2 N–H and O–H groups in total. The second-order valence-electron chi connectivity index (χ2n) is 7.38. The molecule has 3 nitrogen and oxygen atoms in total. The second-order valence-corrected chi connectivity index (χ2v) is 7.81. The SMILES string of the molecule is CC(C)(C)C(c1ccc(Cl)cc1)c1ccc(N(CCO)CCO)cc1. The Kier molecular flexibility index (Phi) is 6.88. The van der Waals surface area contributed by atoms with Gasteiger partial charge < -0.3 is 15.1 Å². The summed E-state index contributed by atoms with van der Waals surface area (Å²) in [5.74, 6) is 0.253. The molecule has 1 unspecified atom stereocenters. The molecule has 0 saturated heterocycles. The second kappa shape index (κ2) is 8.70. The minimum atomic E-state index is 0.0607. The molecule has 0 spiro atoms. The Morgan fingerprint density at radius 1 is 0.840 bits per heavy atom. The van der Waals surface area contributed by atoms with Crippen molar-refractivity contribution < 1.29 is 10.2 Å². The summed E-state index contributed by atoms with van der Waals surface area (Å²) in [6.45, 7) is 7.88. The Labute approximate surface area is 155 Å². The van der Waals surface area contributed by atoms with E-state index in [1.54, 1.807) is 0 Å². The molecule has 1 atom stereocenters. The van der Waals surface area contributed by atoms with E-state index in [1.807, 2.05) is 17.0 Å². The van der Waals surface area contributed by atoms with E-state index in [0.717, 1.165) is 10.7 Å². The summed E-state index contributed by atoms with van der Waals surface area (Å²) in [7, 11) is 0. The van der Waals surface area contributed by atoms with Crippen molar-refractivity contribution in [1.82, 2.24) is 0 Å². The number of hydrogen-bond acceptors (Lipinski definition) is 3. The number of nitrogens with zero attached hydrogens (tertiary/aromatic N) is 1. The highest BCUT2D eigenvalue weighted by Crippen LogP contribution is 2.41. The number of benzene rings is 2. The number of anilines is 1. The predicted molar refractivity (Wildman–Crippen MR) is 106 cm³/mol. The van der Waals surface area contributed by atoms with Crippen LogP contribution in [0.15, 0.2) is 48.5 Å². The lowest BCUT2D eigenvalue weighted by Gasteiger charge is -2.32. The van der Waals surface area contributed by atoms with Crippen molar-refractivity contribution in [3.8, 4) is 0 Å². The van der Waals surface area contributed by atoms with Gasteiger partial charge in [-0.2, -0.15) is 0 Å². The van der Waals surface area contributed by atoms with Crippen molar-refractivity contribution in [2.45, 2.75) is 26.7 Å². The topological polar surface area (TPSA) is 43.7 Å². The first-order valence-electron chi connectivity index (χ1n) is 8.69. The summed E-state index contributed by atoms with van der Waals surface area (Å²) in [5, 5.41) is 19.2. The van der Waals surface area contributed by atoms with E-state index in [-0.39, 0.29) is 24.5 Å². The van der Waals surface area contributed by atoms with Crippen molar-refractivity contribution in [2.24, 2.45) is 5.41 Å². The van der Waals surface area contributed by atoms with Crippen molar-refractivity contribution >= 4 is 17.3 Å². The van der Waals surface area contributed by atoms with Crippen LogP contribution in [0.5, 0.6) is 0 Å². The largest absolute Gasteiger partial charge is 0.395 e. The molecule has 2 aromatic rings. The van der Waals surface area contributed by atoms with Crippen LogP contribution in [0.1, 0.15) is 37.8 Å². The summed E-state index contributed by atoms with van der Waals surface area (Å²) in [5.41, 5.74) is 3.56. The third-order valence-corrected chi connectivity index (χ3v) is 4.65. The van der Waals surface area contributed by atoms with Gasteiger partial charge in [-0.25, -0.2) is 0 Å². The molecule has 25 heavy (non-hydrogen) atoms. The van der Waals surface area contributed by atoms with Crippen molar-refractivity contribution in [1.29, 1.82) is 0 Å². The molecule has 2 rings (SSSR count). The zero-order chi connectivity index (χ0) is 18.4. The molecule has 2 aromatic carbocycles. The number of hydrogen-bond donors (Lipinski definition) is 2. The van der Waals surface area contributed by atoms with Crippen LogP contribution in [0.4, 0.5) is 5.69 Å². The van der Waals surface area contributed by atoms with Crippen molar-refractivity contribution in [2.75, 3.05) is 31.2 Å². The van der Waals surface area contributed by atoms with Crippen LogP contribution in [0.3, 0.4) is 0 Å². The molecule has 0 bridgehead atoms. The van der Waals surface area contributed by atoms with Gasteiger partial charge in [-0.1, -0.05) is 56.6 Å². The summed E-state index contributed by atoms with van der Waals surface area (Å²) < 4.78 is 0. The van der Waals surface area contributed by atoms with Crippen molar-refractivity contribution in [3.05, 3.63) is 64.7 Å². The van der Waals surface area contributed by atoms with Gasteiger partial charge in [0.05, 0.1) is 13.2 Å². The summed E-state index contributed by atoms with van der Waals surface area (Å²) in [6.07, 6.45) is 0. The lowest BCUT2D eigenvalue weighted by Crippen LogP contribution is -2.29. The van der Waals surface area contributed by atoms with Crippen LogP contribution >= 0.6 is 11.6 Å². The van der Waals surface area contributed by atoms with Gasteiger partial charge in [-0.15, -0.1) is 0 Å². The molecule has 0 heterocycles. The zero-order valence-electron chi connectivity index (χ0n) is 15.2. The van der Waals surface area contributed by atoms with Gasteiger partial charge in [-0.05, 0) is 40.8 Å². The minimum Gasteiger partial charge on any atom is -0.395 e.